The first-order chi connectivity index (χ1) is 8.24. The van der Waals surface area contributed by atoms with Crippen LogP contribution >= 0.6 is 11.3 Å². The lowest BCUT2D eigenvalue weighted by Gasteiger charge is -1.81. The van der Waals surface area contributed by atoms with Crippen molar-refractivity contribution in [2.24, 2.45) is 0 Å². The smallest absolute Gasteiger partial charge is 0.150 e. The molecule has 3 heteroatoms. The molecule has 0 spiro atoms. The van der Waals surface area contributed by atoms with E-state index < -0.39 is 0 Å². The van der Waals surface area contributed by atoms with E-state index in [1.807, 2.05) is 39.2 Å². The van der Waals surface area contributed by atoms with Gasteiger partial charge in [-0.05, 0) is 13.8 Å². The molecule has 0 aromatic carbocycles. The van der Waals surface area contributed by atoms with Crippen LogP contribution in [0, 0.1) is 6.92 Å². The Hall–Kier alpha value is -1.48. The molecular weight excluding hydrogens is 230 g/mol. The maximum Gasteiger partial charge on any atom is 0.150 e. The summed E-state index contributed by atoms with van der Waals surface area (Å²) in [4.78, 5) is 14.1. The number of thiazole rings is 1. The zero-order valence-corrected chi connectivity index (χ0v) is 11.8. The third-order valence-corrected chi connectivity index (χ3v) is 2.07. The molecule has 1 aromatic heterocycles. The monoisotopic (exact) mass is 251 g/mol. The number of aromatic nitrogens is 1. The zero-order valence-electron chi connectivity index (χ0n) is 11.0. The van der Waals surface area contributed by atoms with Gasteiger partial charge < -0.3 is 0 Å². The van der Waals surface area contributed by atoms with Crippen LogP contribution in [-0.2, 0) is 4.79 Å². The number of aryl methyl sites for hydroxylation is 1. The highest BCUT2D eigenvalue weighted by molar-refractivity contribution is 7.09. The Balaban J connectivity index is 0. The molecule has 0 unspecified atom stereocenters. The van der Waals surface area contributed by atoms with Crippen molar-refractivity contribution in [1.29, 1.82) is 0 Å². The Morgan fingerprint density at radius 1 is 1.47 bits per heavy atom. The summed E-state index contributed by atoms with van der Waals surface area (Å²) in [5, 5.41) is 3.10. The molecule has 0 saturated heterocycles. The van der Waals surface area contributed by atoms with E-state index >= 15 is 0 Å². The van der Waals surface area contributed by atoms with E-state index in [1.165, 1.54) is 0 Å². The zero-order chi connectivity index (χ0) is 13.5. The summed E-state index contributed by atoms with van der Waals surface area (Å²) >= 11 is 1.67. The average Bonchev–Trinajstić information content (AvgIpc) is 2.83. The minimum atomic E-state index is 0.646. The van der Waals surface area contributed by atoms with E-state index in [0.717, 1.165) is 11.3 Å². The summed E-state index contributed by atoms with van der Waals surface area (Å²) in [6.45, 7) is 11.3. The Kier molecular flexibility index (Phi) is 15.3. The summed E-state index contributed by atoms with van der Waals surface area (Å²) in [5.74, 6) is 0. The minimum Gasteiger partial charge on any atom is -0.298 e. The number of aldehydes is 1. The highest BCUT2D eigenvalue weighted by Gasteiger charge is 1.81. The maximum atomic E-state index is 10.1. The molecule has 0 fully saturated rings. The lowest BCUT2D eigenvalue weighted by atomic mass is 10.2. The highest BCUT2D eigenvalue weighted by atomic mass is 32.1. The Labute approximate surface area is 108 Å². The third-order valence-electron chi connectivity index (χ3n) is 1.36. The second-order valence-electron chi connectivity index (χ2n) is 2.57. The lowest BCUT2D eigenvalue weighted by molar-refractivity contribution is -0.104. The van der Waals surface area contributed by atoms with Crippen molar-refractivity contribution >= 4 is 17.6 Å². The Morgan fingerprint density at radius 2 is 2.12 bits per heavy atom. The van der Waals surface area contributed by atoms with Gasteiger partial charge in [-0.25, -0.2) is 0 Å². The second-order valence-corrected chi connectivity index (χ2v) is 3.67. The largest absolute Gasteiger partial charge is 0.298 e. The van der Waals surface area contributed by atoms with Gasteiger partial charge in [0.2, 0.25) is 0 Å². The van der Waals surface area contributed by atoms with Crippen LogP contribution in [0.1, 0.15) is 25.8 Å². The molecule has 0 N–H and O–H groups in total. The fraction of sp³-hybridized carbons (Fsp3) is 0.286. The number of carbonyl (C=O) groups excluding carboxylic acids is 1. The quantitative estimate of drug-likeness (QED) is 0.454. The van der Waals surface area contributed by atoms with Crippen LogP contribution in [0.5, 0.6) is 0 Å². The van der Waals surface area contributed by atoms with Crippen LogP contribution < -0.4 is 0 Å². The first-order valence-electron chi connectivity index (χ1n) is 5.51. The van der Waals surface area contributed by atoms with E-state index in [4.69, 9.17) is 0 Å². The van der Waals surface area contributed by atoms with Crippen molar-refractivity contribution < 1.29 is 4.79 Å². The second kappa shape index (κ2) is 14.5. The number of allylic oxidation sites excluding steroid dienone is 5. The highest BCUT2D eigenvalue weighted by Crippen LogP contribution is 1.98. The van der Waals surface area contributed by atoms with E-state index in [9.17, 15) is 4.79 Å². The molecule has 1 rings (SSSR count). The molecular formula is C14H21NOS. The summed E-state index contributed by atoms with van der Waals surface area (Å²) in [5.41, 5.74) is 0.646. The van der Waals surface area contributed by atoms with Crippen molar-refractivity contribution in [1.82, 2.24) is 4.98 Å². The number of nitrogens with zero attached hydrogens (tertiary/aromatic N) is 1. The first-order valence-corrected chi connectivity index (χ1v) is 6.39. The van der Waals surface area contributed by atoms with Crippen molar-refractivity contribution in [2.75, 3.05) is 0 Å². The lowest BCUT2D eigenvalue weighted by Crippen LogP contribution is -1.75. The van der Waals surface area contributed by atoms with Gasteiger partial charge in [-0.1, -0.05) is 44.7 Å². The van der Waals surface area contributed by atoms with Gasteiger partial charge in [0.15, 0.2) is 0 Å². The fourth-order valence-electron chi connectivity index (χ4n) is 0.757. The molecule has 0 bridgehead atoms. The standard InChI is InChI=1S/C8H10O.C4H5NS.C2H6/c1-3-5-8(7-9)6-4-2;1-4-5-2-3-6-4;1-2/h3-7H,1H2,2H3;2-3H,1H3;1-2H3/b6-4-,8-5+;;. The van der Waals surface area contributed by atoms with Crippen molar-refractivity contribution in [3.05, 3.63) is 53.0 Å². The Morgan fingerprint density at radius 3 is 2.35 bits per heavy atom. The third kappa shape index (κ3) is 12.5. The SMILES string of the molecule is C=C/C=C(C=O)\C=C/C.CC.Cc1nccs1. The van der Waals surface area contributed by atoms with E-state index in [0.29, 0.717) is 5.57 Å². The number of carbonyl (C=O) groups is 1. The van der Waals surface area contributed by atoms with E-state index in [1.54, 1.807) is 35.8 Å². The van der Waals surface area contributed by atoms with Gasteiger partial charge in [-0.2, -0.15) is 0 Å². The molecule has 0 aliphatic rings. The Bertz CT molecular complexity index is 337. The molecule has 0 saturated carbocycles. The van der Waals surface area contributed by atoms with Gasteiger partial charge in [0, 0.05) is 17.2 Å². The van der Waals surface area contributed by atoms with Crippen LogP contribution in [0.25, 0.3) is 0 Å². The van der Waals surface area contributed by atoms with Gasteiger partial charge in [0.25, 0.3) is 0 Å². The summed E-state index contributed by atoms with van der Waals surface area (Å²) in [7, 11) is 0. The van der Waals surface area contributed by atoms with Crippen molar-refractivity contribution in [2.45, 2.75) is 27.7 Å². The summed E-state index contributed by atoms with van der Waals surface area (Å²) in [6, 6.07) is 0. The molecule has 0 amide bonds. The topological polar surface area (TPSA) is 30.0 Å². The van der Waals surface area contributed by atoms with Gasteiger partial charge >= 0.3 is 0 Å². The predicted octanol–water partition coefficient (Wildman–Crippen LogP) is 4.35. The predicted molar refractivity (Wildman–Crippen MR) is 77.4 cm³/mol. The molecule has 0 atom stereocenters. The fourth-order valence-corrected chi connectivity index (χ4v) is 1.20. The molecule has 17 heavy (non-hydrogen) atoms. The summed E-state index contributed by atoms with van der Waals surface area (Å²) < 4.78 is 0. The van der Waals surface area contributed by atoms with Crippen LogP contribution in [-0.4, -0.2) is 11.3 Å². The molecule has 1 heterocycles. The normalized spacial score (nSPS) is 9.76. The average molecular weight is 251 g/mol. The maximum absolute atomic E-state index is 10.1. The van der Waals surface area contributed by atoms with Gasteiger partial charge in [0.05, 0.1) is 5.01 Å². The number of rotatable bonds is 3. The first kappa shape index (κ1) is 17.9. The summed E-state index contributed by atoms with van der Waals surface area (Å²) in [6.07, 6.45) is 9.39. The van der Waals surface area contributed by atoms with E-state index in [2.05, 4.69) is 11.6 Å². The molecule has 0 radical (unpaired) electrons. The van der Waals surface area contributed by atoms with Gasteiger partial charge in [-0.3, -0.25) is 9.78 Å². The molecule has 0 aliphatic carbocycles. The van der Waals surface area contributed by atoms with E-state index in [-0.39, 0.29) is 0 Å². The number of hydrogen-bond donors (Lipinski definition) is 0. The van der Waals surface area contributed by atoms with Gasteiger partial charge in [-0.15, -0.1) is 11.3 Å². The molecule has 94 valence electrons. The van der Waals surface area contributed by atoms with Crippen LogP contribution in [0.15, 0.2) is 48.0 Å². The van der Waals surface area contributed by atoms with Gasteiger partial charge in [0.1, 0.15) is 6.29 Å². The van der Waals surface area contributed by atoms with Crippen LogP contribution in [0.4, 0.5) is 0 Å². The van der Waals surface area contributed by atoms with Crippen molar-refractivity contribution in [3.63, 3.8) is 0 Å². The molecule has 0 aliphatic heterocycles. The van der Waals surface area contributed by atoms with Crippen LogP contribution in [0.3, 0.4) is 0 Å². The molecule has 1 aromatic rings. The van der Waals surface area contributed by atoms with Crippen LogP contribution in [0.2, 0.25) is 0 Å². The molecule has 2 nitrogen and oxygen atoms in total. The minimum absolute atomic E-state index is 0.646. The van der Waals surface area contributed by atoms with Crippen molar-refractivity contribution in [3.8, 4) is 0 Å². The number of hydrogen-bond acceptors (Lipinski definition) is 3.